The second-order valence-corrected chi connectivity index (χ2v) is 3.45. The number of aliphatic hydroxyl groups excluding tert-OH is 1. The van der Waals surface area contributed by atoms with E-state index in [0.29, 0.717) is 0 Å². The van der Waals surface area contributed by atoms with Gasteiger partial charge in [-0.25, -0.2) is 0 Å². The van der Waals surface area contributed by atoms with Crippen molar-refractivity contribution >= 4 is 5.91 Å². The second-order valence-electron chi connectivity index (χ2n) is 3.45. The van der Waals surface area contributed by atoms with Crippen LogP contribution in [0.1, 0.15) is 20.8 Å². The van der Waals surface area contributed by atoms with Crippen LogP contribution in [0, 0.1) is 5.92 Å². The number of ether oxygens (including phenoxy) is 1. The van der Waals surface area contributed by atoms with Gasteiger partial charge in [0.2, 0.25) is 12.3 Å². The molecule has 0 heterocycles. The summed E-state index contributed by atoms with van der Waals surface area (Å²) in [6.07, 6.45) is -1.18. The molecule has 0 aliphatic heterocycles. The first kappa shape index (κ1) is 12.3. The summed E-state index contributed by atoms with van der Waals surface area (Å²) in [5, 5.41) is 11.8. The molecule has 5 nitrogen and oxygen atoms in total. The molecule has 13 heavy (non-hydrogen) atoms. The lowest BCUT2D eigenvalue weighted by Crippen LogP contribution is -2.60. The Morgan fingerprint density at radius 1 is 1.62 bits per heavy atom. The van der Waals surface area contributed by atoms with Crippen molar-refractivity contribution < 1.29 is 14.6 Å². The quantitative estimate of drug-likeness (QED) is 0.505. The first-order valence-electron chi connectivity index (χ1n) is 4.13. The largest absolute Gasteiger partial charge is 0.368 e. The number of carbonyl (C=O) groups is 1. The fourth-order valence-electron chi connectivity index (χ4n) is 0.838. The SMILES string of the molecule is COC(O)N[C@@](C)(C(N)=O)C(C)C. The topological polar surface area (TPSA) is 84.6 Å². The number of nitrogens with two attached hydrogens (primary N) is 1. The summed E-state index contributed by atoms with van der Waals surface area (Å²) in [4.78, 5) is 11.1. The van der Waals surface area contributed by atoms with Gasteiger partial charge in [-0.3, -0.25) is 10.1 Å². The number of aliphatic hydroxyl groups is 1. The zero-order valence-corrected chi connectivity index (χ0v) is 8.50. The summed E-state index contributed by atoms with van der Waals surface area (Å²) in [5.41, 5.74) is 4.24. The van der Waals surface area contributed by atoms with Gasteiger partial charge in [0.1, 0.15) is 5.54 Å². The van der Waals surface area contributed by atoms with Crippen LogP contribution in [0.4, 0.5) is 0 Å². The van der Waals surface area contributed by atoms with Gasteiger partial charge in [-0.1, -0.05) is 13.8 Å². The van der Waals surface area contributed by atoms with E-state index in [0.717, 1.165) is 0 Å². The minimum Gasteiger partial charge on any atom is -0.368 e. The Balaban J connectivity index is 4.51. The zero-order valence-electron chi connectivity index (χ0n) is 8.50. The van der Waals surface area contributed by atoms with Gasteiger partial charge >= 0.3 is 0 Å². The van der Waals surface area contributed by atoms with Crippen LogP contribution in [0.5, 0.6) is 0 Å². The Kier molecular flexibility index (Phi) is 4.32. The maximum Gasteiger partial charge on any atom is 0.237 e. The molecule has 0 aromatic carbocycles. The van der Waals surface area contributed by atoms with Crippen LogP contribution in [0.25, 0.3) is 0 Å². The highest BCUT2D eigenvalue weighted by Gasteiger charge is 2.36. The predicted octanol–water partition coefficient (Wildman–Crippen LogP) is -0.602. The molecule has 0 spiro atoms. The molecule has 0 fully saturated rings. The van der Waals surface area contributed by atoms with Gasteiger partial charge in [0.15, 0.2) is 0 Å². The van der Waals surface area contributed by atoms with Crippen molar-refractivity contribution in [1.29, 1.82) is 0 Å². The van der Waals surface area contributed by atoms with Crippen LogP contribution >= 0.6 is 0 Å². The van der Waals surface area contributed by atoms with E-state index in [1.807, 2.05) is 13.8 Å². The first-order valence-corrected chi connectivity index (χ1v) is 4.13. The Hall–Kier alpha value is -0.650. The highest BCUT2D eigenvalue weighted by molar-refractivity contribution is 5.84. The maximum absolute atomic E-state index is 11.1. The van der Waals surface area contributed by atoms with Crippen molar-refractivity contribution in [2.75, 3.05) is 7.11 Å². The highest BCUT2D eigenvalue weighted by atomic mass is 16.6. The van der Waals surface area contributed by atoms with E-state index >= 15 is 0 Å². The molecule has 0 aliphatic rings. The van der Waals surface area contributed by atoms with Crippen LogP contribution < -0.4 is 11.1 Å². The summed E-state index contributed by atoms with van der Waals surface area (Å²) in [6, 6.07) is 0. The van der Waals surface area contributed by atoms with E-state index in [2.05, 4.69) is 10.1 Å². The number of primary amides is 1. The number of amides is 1. The molecule has 0 rings (SSSR count). The number of hydrogen-bond donors (Lipinski definition) is 3. The molecule has 0 radical (unpaired) electrons. The molecule has 78 valence electrons. The van der Waals surface area contributed by atoms with Gasteiger partial charge < -0.3 is 15.6 Å². The molecule has 1 unspecified atom stereocenters. The second kappa shape index (κ2) is 4.55. The highest BCUT2D eigenvalue weighted by Crippen LogP contribution is 2.16. The van der Waals surface area contributed by atoms with Gasteiger partial charge in [0.05, 0.1) is 0 Å². The molecular weight excluding hydrogens is 172 g/mol. The summed E-state index contributed by atoms with van der Waals surface area (Å²) < 4.78 is 4.58. The van der Waals surface area contributed by atoms with Crippen LogP contribution in [0.3, 0.4) is 0 Å². The van der Waals surface area contributed by atoms with Gasteiger partial charge in [0.25, 0.3) is 0 Å². The Morgan fingerprint density at radius 2 is 2.08 bits per heavy atom. The molecule has 5 heteroatoms. The normalized spacial score (nSPS) is 18.3. The van der Waals surface area contributed by atoms with Crippen molar-refractivity contribution in [3.05, 3.63) is 0 Å². The summed E-state index contributed by atoms with van der Waals surface area (Å²) in [6.45, 7) is 5.29. The van der Waals surface area contributed by atoms with Crippen molar-refractivity contribution in [1.82, 2.24) is 5.32 Å². The number of carbonyl (C=O) groups excluding carboxylic acids is 1. The molecule has 0 bridgehead atoms. The fraction of sp³-hybridized carbons (Fsp3) is 0.875. The standard InChI is InChI=1S/C8H18N2O3/c1-5(2)8(3,6(9)11)10-7(12)13-4/h5,7,10,12H,1-4H3,(H2,9,11)/t7?,8-/m1/s1. The molecule has 2 atom stereocenters. The number of methoxy groups -OCH3 is 1. The average Bonchev–Trinajstić information content (AvgIpc) is 2.03. The van der Waals surface area contributed by atoms with Crippen molar-refractivity contribution in [2.24, 2.45) is 11.7 Å². The molecule has 4 N–H and O–H groups in total. The predicted molar refractivity (Wildman–Crippen MR) is 48.6 cm³/mol. The Morgan fingerprint density at radius 3 is 2.31 bits per heavy atom. The molecule has 0 saturated heterocycles. The van der Waals surface area contributed by atoms with Crippen molar-refractivity contribution in [2.45, 2.75) is 32.7 Å². The van der Waals surface area contributed by atoms with Gasteiger partial charge in [-0.15, -0.1) is 0 Å². The zero-order chi connectivity index (χ0) is 10.6. The van der Waals surface area contributed by atoms with Gasteiger partial charge in [0, 0.05) is 7.11 Å². The van der Waals surface area contributed by atoms with E-state index in [9.17, 15) is 4.79 Å². The van der Waals surface area contributed by atoms with Crippen molar-refractivity contribution in [3.8, 4) is 0 Å². The van der Waals surface area contributed by atoms with Crippen LogP contribution in [-0.4, -0.2) is 30.1 Å². The molecular formula is C8H18N2O3. The third kappa shape index (κ3) is 2.95. The van der Waals surface area contributed by atoms with Crippen LogP contribution in [0.15, 0.2) is 0 Å². The first-order chi connectivity index (χ1) is 5.84. The van der Waals surface area contributed by atoms with E-state index < -0.39 is 17.9 Å². The van der Waals surface area contributed by atoms with Gasteiger partial charge in [-0.05, 0) is 12.8 Å². The fourth-order valence-corrected chi connectivity index (χ4v) is 0.838. The summed E-state index contributed by atoms with van der Waals surface area (Å²) in [7, 11) is 1.33. The number of hydrogen-bond acceptors (Lipinski definition) is 4. The van der Waals surface area contributed by atoms with E-state index in [1.54, 1.807) is 6.92 Å². The Labute approximate surface area is 78.3 Å². The van der Waals surface area contributed by atoms with E-state index in [4.69, 9.17) is 10.8 Å². The summed E-state index contributed by atoms with van der Waals surface area (Å²) >= 11 is 0. The minimum atomic E-state index is -1.18. The molecule has 0 aromatic rings. The van der Waals surface area contributed by atoms with Crippen LogP contribution in [0.2, 0.25) is 0 Å². The van der Waals surface area contributed by atoms with E-state index in [-0.39, 0.29) is 5.92 Å². The number of rotatable bonds is 5. The third-order valence-electron chi connectivity index (χ3n) is 2.31. The van der Waals surface area contributed by atoms with Gasteiger partial charge in [-0.2, -0.15) is 0 Å². The average molecular weight is 190 g/mol. The smallest absolute Gasteiger partial charge is 0.237 e. The molecule has 0 aliphatic carbocycles. The molecule has 0 aromatic heterocycles. The molecule has 0 saturated carbocycles. The summed E-state index contributed by atoms with van der Waals surface area (Å²) in [5.74, 6) is -0.548. The Bertz CT molecular complexity index is 184. The maximum atomic E-state index is 11.1. The third-order valence-corrected chi connectivity index (χ3v) is 2.31. The van der Waals surface area contributed by atoms with Crippen LogP contribution in [-0.2, 0) is 9.53 Å². The van der Waals surface area contributed by atoms with E-state index in [1.165, 1.54) is 7.11 Å². The number of nitrogens with one attached hydrogen (secondary N) is 1. The monoisotopic (exact) mass is 190 g/mol. The lowest BCUT2D eigenvalue weighted by Gasteiger charge is -2.33. The molecule has 1 amide bonds. The van der Waals surface area contributed by atoms with Crippen molar-refractivity contribution in [3.63, 3.8) is 0 Å². The minimum absolute atomic E-state index is 0.0326. The lowest BCUT2D eigenvalue weighted by atomic mass is 9.88. The lowest BCUT2D eigenvalue weighted by molar-refractivity contribution is -0.142.